The van der Waals surface area contributed by atoms with E-state index in [1.165, 1.54) is 0 Å². The normalized spacial score (nSPS) is 21.3. The topological polar surface area (TPSA) is 65.5 Å². The third-order valence-electron chi connectivity index (χ3n) is 4.67. The van der Waals surface area contributed by atoms with Crippen molar-refractivity contribution in [1.82, 2.24) is 15.2 Å². The van der Waals surface area contributed by atoms with Gasteiger partial charge in [0.15, 0.2) is 0 Å². The molecule has 1 aliphatic heterocycles. The maximum atomic E-state index is 12.6. The van der Waals surface area contributed by atoms with E-state index in [2.05, 4.69) is 20.6 Å². The number of carbonyl (C=O) groups excluding carboxylic acids is 1. The van der Waals surface area contributed by atoms with Gasteiger partial charge in [0.1, 0.15) is 0 Å². The minimum absolute atomic E-state index is 0.103. The SMILES string of the molecule is Cc1ccc(C)c(C(=O)NC2CCN(Cc3csc(C)n3)CC2O)c1. The lowest BCUT2D eigenvalue weighted by Gasteiger charge is -2.36. The molecule has 1 amide bonds. The third-order valence-corrected chi connectivity index (χ3v) is 5.49. The highest BCUT2D eigenvalue weighted by Gasteiger charge is 2.29. The number of rotatable bonds is 4. The van der Waals surface area contributed by atoms with Crippen LogP contribution in [-0.2, 0) is 6.54 Å². The summed E-state index contributed by atoms with van der Waals surface area (Å²) in [5, 5.41) is 16.6. The van der Waals surface area contributed by atoms with Crippen LogP contribution in [0.25, 0.3) is 0 Å². The quantitative estimate of drug-likeness (QED) is 0.880. The summed E-state index contributed by atoms with van der Waals surface area (Å²) < 4.78 is 0. The molecule has 2 N–H and O–H groups in total. The van der Waals surface area contributed by atoms with Gasteiger partial charge in [-0.1, -0.05) is 17.7 Å². The van der Waals surface area contributed by atoms with Crippen molar-refractivity contribution >= 4 is 17.2 Å². The van der Waals surface area contributed by atoms with Crippen LogP contribution in [0.1, 0.15) is 38.6 Å². The number of aromatic nitrogens is 1. The van der Waals surface area contributed by atoms with E-state index in [4.69, 9.17) is 0 Å². The highest BCUT2D eigenvalue weighted by Crippen LogP contribution is 2.17. The van der Waals surface area contributed by atoms with Gasteiger partial charge in [0, 0.05) is 30.6 Å². The fraction of sp³-hybridized carbons (Fsp3) is 0.474. The molecule has 0 aliphatic carbocycles. The lowest BCUT2D eigenvalue weighted by atomic mass is 9.99. The first-order chi connectivity index (χ1) is 11.9. The largest absolute Gasteiger partial charge is 0.390 e. The molecule has 1 saturated heterocycles. The molecule has 1 aliphatic rings. The van der Waals surface area contributed by atoms with Crippen LogP contribution in [0.4, 0.5) is 0 Å². The first kappa shape index (κ1) is 18.0. The summed E-state index contributed by atoms with van der Waals surface area (Å²) in [6.45, 7) is 8.05. The molecule has 0 radical (unpaired) electrons. The molecule has 3 rings (SSSR count). The lowest BCUT2D eigenvalue weighted by Crippen LogP contribution is -2.53. The maximum absolute atomic E-state index is 12.6. The lowest BCUT2D eigenvalue weighted by molar-refractivity contribution is 0.0345. The monoisotopic (exact) mass is 359 g/mol. The van der Waals surface area contributed by atoms with Gasteiger partial charge in [-0.25, -0.2) is 4.98 Å². The fourth-order valence-corrected chi connectivity index (χ4v) is 3.85. The smallest absolute Gasteiger partial charge is 0.251 e. The van der Waals surface area contributed by atoms with E-state index in [0.29, 0.717) is 12.1 Å². The second-order valence-electron chi connectivity index (χ2n) is 6.85. The zero-order valence-electron chi connectivity index (χ0n) is 15.0. The Morgan fingerprint density at radius 3 is 2.88 bits per heavy atom. The van der Waals surface area contributed by atoms with Crippen molar-refractivity contribution in [1.29, 1.82) is 0 Å². The average Bonchev–Trinajstić information content (AvgIpc) is 2.97. The van der Waals surface area contributed by atoms with Crippen molar-refractivity contribution in [3.8, 4) is 0 Å². The van der Waals surface area contributed by atoms with E-state index < -0.39 is 6.10 Å². The summed E-state index contributed by atoms with van der Waals surface area (Å²) >= 11 is 1.65. The second-order valence-corrected chi connectivity index (χ2v) is 7.91. The first-order valence-electron chi connectivity index (χ1n) is 8.62. The van der Waals surface area contributed by atoms with Gasteiger partial charge < -0.3 is 10.4 Å². The van der Waals surface area contributed by atoms with Crippen molar-refractivity contribution in [3.05, 3.63) is 51.0 Å². The van der Waals surface area contributed by atoms with Crippen LogP contribution in [0.5, 0.6) is 0 Å². The molecule has 0 bridgehead atoms. The van der Waals surface area contributed by atoms with E-state index in [9.17, 15) is 9.90 Å². The predicted molar refractivity (Wildman–Crippen MR) is 99.9 cm³/mol. The maximum Gasteiger partial charge on any atom is 0.251 e. The number of aryl methyl sites for hydroxylation is 3. The molecule has 2 heterocycles. The molecule has 1 aromatic carbocycles. The van der Waals surface area contributed by atoms with Crippen LogP contribution >= 0.6 is 11.3 Å². The Kier molecular flexibility index (Phi) is 5.51. The number of nitrogens with zero attached hydrogens (tertiary/aromatic N) is 2. The number of benzene rings is 1. The number of nitrogens with one attached hydrogen (secondary N) is 1. The average molecular weight is 359 g/mol. The van der Waals surface area contributed by atoms with Gasteiger partial charge in [-0.2, -0.15) is 0 Å². The van der Waals surface area contributed by atoms with E-state index in [1.807, 2.05) is 39.0 Å². The van der Waals surface area contributed by atoms with Gasteiger partial charge >= 0.3 is 0 Å². The third kappa shape index (κ3) is 4.45. The Labute approximate surface area is 152 Å². The number of aliphatic hydroxyl groups is 1. The number of likely N-dealkylation sites (tertiary alicyclic amines) is 1. The molecular formula is C19H25N3O2S. The van der Waals surface area contributed by atoms with E-state index >= 15 is 0 Å². The highest BCUT2D eigenvalue weighted by molar-refractivity contribution is 7.09. The molecule has 2 atom stereocenters. The standard InChI is InChI=1S/C19H25N3O2S/c1-12-4-5-13(2)16(8-12)19(24)21-17-6-7-22(10-18(17)23)9-15-11-25-14(3)20-15/h4-5,8,11,17-18,23H,6-7,9-10H2,1-3H3,(H,21,24). The summed E-state index contributed by atoms with van der Waals surface area (Å²) in [5.41, 5.74) is 3.75. The molecule has 6 heteroatoms. The molecule has 0 spiro atoms. The van der Waals surface area contributed by atoms with Crippen LogP contribution in [0.3, 0.4) is 0 Å². The number of hydrogen-bond acceptors (Lipinski definition) is 5. The van der Waals surface area contributed by atoms with Crippen molar-refractivity contribution in [2.75, 3.05) is 13.1 Å². The zero-order chi connectivity index (χ0) is 18.0. The van der Waals surface area contributed by atoms with Crippen LogP contribution in [0, 0.1) is 20.8 Å². The minimum atomic E-state index is -0.567. The van der Waals surface area contributed by atoms with Gasteiger partial charge in [0.05, 0.1) is 22.8 Å². The Hall–Kier alpha value is -1.76. The van der Waals surface area contributed by atoms with Gasteiger partial charge in [0.25, 0.3) is 5.91 Å². The Morgan fingerprint density at radius 2 is 2.20 bits per heavy atom. The molecule has 5 nitrogen and oxygen atoms in total. The number of thiazole rings is 1. The Balaban J connectivity index is 1.58. The van der Waals surface area contributed by atoms with Crippen LogP contribution < -0.4 is 5.32 Å². The fourth-order valence-electron chi connectivity index (χ4n) is 3.25. The predicted octanol–water partition coefficient (Wildman–Crippen LogP) is 2.43. The molecule has 1 fully saturated rings. The Bertz CT molecular complexity index is 759. The van der Waals surface area contributed by atoms with Gasteiger partial charge in [0.2, 0.25) is 0 Å². The summed E-state index contributed by atoms with van der Waals surface area (Å²) in [6.07, 6.45) is 0.170. The van der Waals surface area contributed by atoms with Crippen molar-refractivity contribution in [2.45, 2.75) is 45.9 Å². The number of aliphatic hydroxyl groups excluding tert-OH is 1. The second kappa shape index (κ2) is 7.64. The van der Waals surface area contributed by atoms with Crippen molar-refractivity contribution in [2.24, 2.45) is 0 Å². The summed E-state index contributed by atoms with van der Waals surface area (Å²) in [4.78, 5) is 19.2. The molecular weight excluding hydrogens is 334 g/mol. The van der Waals surface area contributed by atoms with E-state index in [-0.39, 0.29) is 11.9 Å². The van der Waals surface area contributed by atoms with E-state index in [0.717, 1.165) is 41.3 Å². The molecule has 2 aromatic rings. The van der Waals surface area contributed by atoms with Crippen LogP contribution in [0.15, 0.2) is 23.6 Å². The Morgan fingerprint density at radius 1 is 1.40 bits per heavy atom. The van der Waals surface area contributed by atoms with Crippen molar-refractivity contribution < 1.29 is 9.90 Å². The number of β-amino-alcohol motifs (C(OH)–C–C–N with tert-alkyl or cyclic N) is 1. The van der Waals surface area contributed by atoms with Gasteiger partial charge in [-0.15, -0.1) is 11.3 Å². The zero-order valence-corrected chi connectivity index (χ0v) is 15.8. The van der Waals surface area contributed by atoms with Gasteiger partial charge in [-0.3, -0.25) is 9.69 Å². The molecule has 0 saturated carbocycles. The van der Waals surface area contributed by atoms with Crippen molar-refractivity contribution in [3.63, 3.8) is 0 Å². The summed E-state index contributed by atoms with van der Waals surface area (Å²) in [6, 6.07) is 5.65. The number of hydrogen-bond donors (Lipinski definition) is 2. The summed E-state index contributed by atoms with van der Waals surface area (Å²) in [7, 11) is 0. The van der Waals surface area contributed by atoms with Gasteiger partial charge in [-0.05, 0) is 38.8 Å². The van der Waals surface area contributed by atoms with Crippen LogP contribution in [-0.4, -0.2) is 46.1 Å². The number of amides is 1. The summed E-state index contributed by atoms with van der Waals surface area (Å²) in [5.74, 6) is -0.103. The molecule has 1 aromatic heterocycles. The molecule has 25 heavy (non-hydrogen) atoms. The molecule has 2 unspecified atom stereocenters. The first-order valence-corrected chi connectivity index (χ1v) is 9.50. The highest BCUT2D eigenvalue weighted by atomic mass is 32.1. The van der Waals surface area contributed by atoms with E-state index in [1.54, 1.807) is 11.3 Å². The molecule has 134 valence electrons. The van der Waals surface area contributed by atoms with Crippen LogP contribution in [0.2, 0.25) is 0 Å². The minimum Gasteiger partial charge on any atom is -0.390 e. The number of carbonyl (C=O) groups is 1. The number of piperidine rings is 1.